The molecule has 0 saturated heterocycles. The molecule has 1 unspecified atom stereocenters. The molecule has 1 fully saturated rings. The molecular weight excluding hydrogens is 246 g/mol. The number of nitrogen functional groups attached to an aromatic ring is 1. The number of imidazole rings is 1. The highest BCUT2D eigenvalue weighted by Gasteiger charge is 2.25. The normalized spacial score (nSPS) is 18.6. The van der Waals surface area contributed by atoms with Crippen LogP contribution in [0.15, 0.2) is 18.2 Å². The first kappa shape index (κ1) is 11.8. The fourth-order valence-corrected chi connectivity index (χ4v) is 3.33. The van der Waals surface area contributed by atoms with E-state index in [-0.39, 0.29) is 0 Å². The maximum atomic E-state index is 6.08. The average Bonchev–Trinajstić information content (AvgIpc) is 2.94. The van der Waals surface area contributed by atoms with Gasteiger partial charge in [-0.15, -0.1) is 0 Å². The van der Waals surface area contributed by atoms with Gasteiger partial charge in [0, 0.05) is 11.1 Å². The van der Waals surface area contributed by atoms with Crippen LogP contribution in [-0.4, -0.2) is 9.55 Å². The number of hydrogen-bond donors (Lipinski definition) is 1. The summed E-state index contributed by atoms with van der Waals surface area (Å²) in [5.74, 6) is 1.32. The van der Waals surface area contributed by atoms with Crippen LogP contribution < -0.4 is 5.73 Å². The molecule has 0 radical (unpaired) electrons. The molecule has 1 atom stereocenters. The molecule has 1 aromatic heterocycles. The summed E-state index contributed by atoms with van der Waals surface area (Å²) in [6, 6.07) is 6.16. The smallest absolute Gasteiger partial charge is 0.201 e. The molecule has 0 spiro atoms. The lowest BCUT2D eigenvalue weighted by molar-refractivity contribution is 0.371. The summed E-state index contributed by atoms with van der Waals surface area (Å²) in [6.45, 7) is 2.24. The van der Waals surface area contributed by atoms with Crippen molar-refractivity contribution in [1.82, 2.24) is 9.55 Å². The van der Waals surface area contributed by atoms with Gasteiger partial charge in [-0.1, -0.05) is 24.4 Å². The molecule has 1 aromatic carbocycles. The SMILES string of the molecule is CC(C1CCCC1)n1c(N)nc2ccc(Cl)cc21. The van der Waals surface area contributed by atoms with Crippen LogP contribution in [0.1, 0.15) is 38.6 Å². The van der Waals surface area contributed by atoms with Gasteiger partial charge in [0.1, 0.15) is 0 Å². The molecule has 3 rings (SSSR count). The third-order valence-corrected chi connectivity index (χ3v) is 4.40. The average molecular weight is 264 g/mol. The Bertz CT molecular complexity index is 570. The Hall–Kier alpha value is -1.22. The maximum Gasteiger partial charge on any atom is 0.201 e. The molecule has 2 aromatic rings. The summed E-state index contributed by atoms with van der Waals surface area (Å²) in [5.41, 5.74) is 8.07. The summed E-state index contributed by atoms with van der Waals surface area (Å²) in [6.07, 6.45) is 5.26. The summed E-state index contributed by atoms with van der Waals surface area (Å²) in [4.78, 5) is 4.43. The lowest BCUT2D eigenvalue weighted by Crippen LogP contribution is -2.16. The van der Waals surface area contributed by atoms with Gasteiger partial charge in [-0.25, -0.2) is 4.98 Å². The zero-order chi connectivity index (χ0) is 12.7. The maximum absolute atomic E-state index is 6.08. The van der Waals surface area contributed by atoms with Crippen LogP contribution in [0.4, 0.5) is 5.95 Å². The molecule has 3 nitrogen and oxygen atoms in total. The summed E-state index contributed by atoms with van der Waals surface area (Å²) >= 11 is 6.08. The molecule has 96 valence electrons. The second-order valence-electron chi connectivity index (χ2n) is 5.26. The van der Waals surface area contributed by atoms with E-state index in [1.165, 1.54) is 25.7 Å². The minimum Gasteiger partial charge on any atom is -0.369 e. The third kappa shape index (κ3) is 1.87. The van der Waals surface area contributed by atoms with Gasteiger partial charge in [-0.05, 0) is 43.9 Å². The standard InChI is InChI=1S/C14H18ClN3/c1-9(10-4-2-3-5-10)18-13-8-11(15)6-7-12(13)17-14(18)16/h6-10H,2-5H2,1H3,(H2,16,17). The van der Waals surface area contributed by atoms with Crippen molar-refractivity contribution < 1.29 is 0 Å². The van der Waals surface area contributed by atoms with Crippen molar-refractivity contribution in [3.63, 3.8) is 0 Å². The second-order valence-corrected chi connectivity index (χ2v) is 5.69. The Kier molecular flexibility index (Phi) is 2.94. The molecule has 2 N–H and O–H groups in total. The van der Waals surface area contributed by atoms with Crippen LogP contribution in [0.25, 0.3) is 11.0 Å². The van der Waals surface area contributed by atoms with E-state index < -0.39 is 0 Å². The van der Waals surface area contributed by atoms with Gasteiger partial charge < -0.3 is 10.3 Å². The quantitative estimate of drug-likeness (QED) is 0.889. The minimum atomic E-state index is 0.399. The van der Waals surface area contributed by atoms with E-state index in [0.717, 1.165) is 16.1 Å². The lowest BCUT2D eigenvalue weighted by atomic mass is 9.99. The van der Waals surface area contributed by atoms with E-state index in [9.17, 15) is 0 Å². The molecule has 4 heteroatoms. The van der Waals surface area contributed by atoms with Crippen molar-refractivity contribution in [3.8, 4) is 0 Å². The lowest BCUT2D eigenvalue weighted by Gasteiger charge is -2.22. The van der Waals surface area contributed by atoms with Crippen molar-refractivity contribution in [2.24, 2.45) is 5.92 Å². The van der Waals surface area contributed by atoms with Gasteiger partial charge in [0.25, 0.3) is 0 Å². The molecule has 1 aliphatic rings. The number of hydrogen-bond acceptors (Lipinski definition) is 2. The second kappa shape index (κ2) is 4.47. The van der Waals surface area contributed by atoms with Crippen LogP contribution in [0.3, 0.4) is 0 Å². The fourth-order valence-electron chi connectivity index (χ4n) is 3.16. The van der Waals surface area contributed by atoms with Crippen LogP contribution in [0.5, 0.6) is 0 Å². The van der Waals surface area contributed by atoms with E-state index in [2.05, 4.69) is 16.5 Å². The summed E-state index contributed by atoms with van der Waals surface area (Å²) < 4.78 is 2.15. The zero-order valence-corrected chi connectivity index (χ0v) is 11.3. The number of nitrogens with two attached hydrogens (primary N) is 1. The highest BCUT2D eigenvalue weighted by molar-refractivity contribution is 6.31. The zero-order valence-electron chi connectivity index (χ0n) is 10.6. The first-order valence-corrected chi connectivity index (χ1v) is 6.97. The Morgan fingerprint density at radius 1 is 1.39 bits per heavy atom. The van der Waals surface area contributed by atoms with Crippen molar-refractivity contribution in [2.75, 3.05) is 5.73 Å². The number of benzene rings is 1. The van der Waals surface area contributed by atoms with Crippen LogP contribution in [0.2, 0.25) is 5.02 Å². The summed E-state index contributed by atoms with van der Waals surface area (Å²) in [7, 11) is 0. The minimum absolute atomic E-state index is 0.399. The monoisotopic (exact) mass is 263 g/mol. The Morgan fingerprint density at radius 3 is 2.83 bits per heavy atom. The molecule has 0 aliphatic heterocycles. The van der Waals surface area contributed by atoms with Crippen LogP contribution in [-0.2, 0) is 0 Å². The van der Waals surface area contributed by atoms with Gasteiger partial charge in [-0.2, -0.15) is 0 Å². The van der Waals surface area contributed by atoms with Gasteiger partial charge >= 0.3 is 0 Å². The van der Waals surface area contributed by atoms with E-state index in [1.807, 2.05) is 18.2 Å². The van der Waals surface area contributed by atoms with Crippen LogP contribution >= 0.6 is 11.6 Å². The molecular formula is C14H18ClN3. The van der Waals surface area contributed by atoms with E-state index in [0.29, 0.717) is 17.9 Å². The Balaban J connectivity index is 2.09. The number of aromatic nitrogens is 2. The predicted molar refractivity (Wildman–Crippen MR) is 75.8 cm³/mol. The first-order valence-electron chi connectivity index (χ1n) is 6.60. The number of anilines is 1. The number of halogens is 1. The molecule has 1 saturated carbocycles. The van der Waals surface area contributed by atoms with Crippen molar-refractivity contribution in [1.29, 1.82) is 0 Å². The molecule has 1 heterocycles. The number of nitrogens with zero attached hydrogens (tertiary/aromatic N) is 2. The molecule has 1 aliphatic carbocycles. The number of fused-ring (bicyclic) bond motifs is 1. The Labute approximate surface area is 112 Å². The Morgan fingerprint density at radius 2 is 2.11 bits per heavy atom. The highest BCUT2D eigenvalue weighted by Crippen LogP contribution is 2.37. The topological polar surface area (TPSA) is 43.8 Å². The van der Waals surface area contributed by atoms with Crippen molar-refractivity contribution in [2.45, 2.75) is 38.6 Å². The number of rotatable bonds is 2. The van der Waals surface area contributed by atoms with Crippen LogP contribution in [0, 0.1) is 5.92 Å². The van der Waals surface area contributed by atoms with Crippen molar-refractivity contribution >= 4 is 28.6 Å². The van der Waals surface area contributed by atoms with Gasteiger partial charge in [0.15, 0.2) is 0 Å². The van der Waals surface area contributed by atoms with Gasteiger partial charge in [0.05, 0.1) is 11.0 Å². The van der Waals surface area contributed by atoms with Crippen molar-refractivity contribution in [3.05, 3.63) is 23.2 Å². The third-order valence-electron chi connectivity index (χ3n) is 4.17. The molecule has 0 amide bonds. The van der Waals surface area contributed by atoms with E-state index in [4.69, 9.17) is 17.3 Å². The summed E-state index contributed by atoms with van der Waals surface area (Å²) in [5, 5.41) is 0.738. The van der Waals surface area contributed by atoms with Gasteiger partial charge in [0.2, 0.25) is 5.95 Å². The molecule has 0 bridgehead atoms. The van der Waals surface area contributed by atoms with E-state index >= 15 is 0 Å². The molecule has 18 heavy (non-hydrogen) atoms. The fraction of sp³-hybridized carbons (Fsp3) is 0.500. The largest absolute Gasteiger partial charge is 0.369 e. The highest BCUT2D eigenvalue weighted by atomic mass is 35.5. The van der Waals surface area contributed by atoms with E-state index in [1.54, 1.807) is 0 Å². The first-order chi connectivity index (χ1) is 8.66. The van der Waals surface area contributed by atoms with Gasteiger partial charge in [-0.3, -0.25) is 0 Å². The predicted octanol–water partition coefficient (Wildman–Crippen LogP) is 4.02.